The first-order valence-electron chi connectivity index (χ1n) is 6.61. The van der Waals surface area contributed by atoms with Crippen molar-refractivity contribution in [1.29, 1.82) is 0 Å². The molecule has 6 nitrogen and oxygen atoms in total. The first-order chi connectivity index (χ1) is 8.68. The number of nitrogens with one attached hydrogen (secondary N) is 2. The molecule has 0 radical (unpaired) electrons. The van der Waals surface area contributed by atoms with E-state index in [0.717, 1.165) is 19.3 Å². The van der Waals surface area contributed by atoms with E-state index in [1.807, 2.05) is 6.92 Å². The Labute approximate surface area is 107 Å². The molecular weight excluding hydrogens is 234 g/mol. The first kappa shape index (κ1) is 13.1. The highest BCUT2D eigenvalue weighted by molar-refractivity contribution is 5.87. The fourth-order valence-electron chi connectivity index (χ4n) is 2.34. The molecule has 18 heavy (non-hydrogen) atoms. The Balaban J connectivity index is 1.90. The molecule has 0 aromatic carbocycles. The van der Waals surface area contributed by atoms with Crippen LogP contribution in [0.1, 0.15) is 26.2 Å². The Kier molecular flexibility index (Phi) is 4.41. The van der Waals surface area contributed by atoms with Crippen molar-refractivity contribution in [3.63, 3.8) is 0 Å². The highest BCUT2D eigenvalue weighted by Crippen LogP contribution is 2.09. The number of nitrogens with zero attached hydrogens (tertiary/aromatic N) is 1. The van der Waals surface area contributed by atoms with Crippen molar-refractivity contribution >= 4 is 11.9 Å². The van der Waals surface area contributed by atoms with Crippen LogP contribution in [0.25, 0.3) is 0 Å². The summed E-state index contributed by atoms with van der Waals surface area (Å²) in [7, 11) is 0. The summed E-state index contributed by atoms with van der Waals surface area (Å²) in [4.78, 5) is 25.6. The van der Waals surface area contributed by atoms with E-state index in [9.17, 15) is 9.59 Å². The lowest BCUT2D eigenvalue weighted by molar-refractivity contribution is -0.122. The standard InChI is InChI=1S/C12H21N3O3/c1-9-8-18-7-6-15(9)12(17)14-10-4-2-3-5-13-11(10)16/h9-10H,2-8H2,1H3,(H,13,16)(H,14,17). The zero-order chi connectivity index (χ0) is 13.0. The predicted octanol–water partition coefficient (Wildman–Crippen LogP) is 0.0854. The smallest absolute Gasteiger partial charge is 0.318 e. The van der Waals surface area contributed by atoms with Crippen LogP contribution in [0.5, 0.6) is 0 Å². The highest BCUT2D eigenvalue weighted by atomic mass is 16.5. The van der Waals surface area contributed by atoms with Gasteiger partial charge in [0.25, 0.3) is 0 Å². The summed E-state index contributed by atoms with van der Waals surface area (Å²) in [5, 5.41) is 5.65. The van der Waals surface area contributed by atoms with Crippen LogP contribution in [-0.4, -0.2) is 55.2 Å². The van der Waals surface area contributed by atoms with Gasteiger partial charge in [0.05, 0.1) is 19.3 Å². The van der Waals surface area contributed by atoms with Gasteiger partial charge in [-0.1, -0.05) is 0 Å². The summed E-state index contributed by atoms with van der Waals surface area (Å²) in [5.41, 5.74) is 0. The Hall–Kier alpha value is -1.30. The molecule has 2 heterocycles. The number of carbonyl (C=O) groups is 2. The molecule has 6 heteroatoms. The van der Waals surface area contributed by atoms with Gasteiger partial charge < -0.3 is 20.3 Å². The lowest BCUT2D eigenvalue weighted by atomic mass is 10.1. The van der Waals surface area contributed by atoms with E-state index in [4.69, 9.17) is 4.74 Å². The van der Waals surface area contributed by atoms with Gasteiger partial charge in [0.15, 0.2) is 0 Å². The molecule has 0 saturated carbocycles. The average Bonchev–Trinajstić information content (AvgIpc) is 2.55. The number of hydrogen-bond acceptors (Lipinski definition) is 3. The van der Waals surface area contributed by atoms with Gasteiger partial charge in [-0.05, 0) is 26.2 Å². The lowest BCUT2D eigenvalue weighted by Crippen LogP contribution is -2.55. The SMILES string of the molecule is CC1COCCN1C(=O)NC1CCCCNC1=O. The van der Waals surface area contributed by atoms with E-state index in [-0.39, 0.29) is 18.0 Å². The third kappa shape index (κ3) is 3.13. The minimum atomic E-state index is -0.393. The predicted molar refractivity (Wildman–Crippen MR) is 66.2 cm³/mol. The normalized spacial score (nSPS) is 29.4. The van der Waals surface area contributed by atoms with E-state index in [2.05, 4.69) is 10.6 Å². The molecule has 0 bridgehead atoms. The largest absolute Gasteiger partial charge is 0.377 e. The third-order valence-electron chi connectivity index (χ3n) is 3.46. The Bertz CT molecular complexity index is 322. The molecule has 0 aliphatic carbocycles. The van der Waals surface area contributed by atoms with Crippen LogP contribution in [-0.2, 0) is 9.53 Å². The topological polar surface area (TPSA) is 70.7 Å². The molecule has 2 aliphatic heterocycles. The van der Waals surface area contributed by atoms with Crippen LogP contribution in [0.2, 0.25) is 0 Å². The molecule has 0 spiro atoms. The second kappa shape index (κ2) is 6.04. The van der Waals surface area contributed by atoms with Crippen LogP contribution >= 0.6 is 0 Å². The van der Waals surface area contributed by atoms with Crippen LogP contribution in [0.4, 0.5) is 4.79 Å². The maximum atomic E-state index is 12.1. The molecule has 2 N–H and O–H groups in total. The summed E-state index contributed by atoms with van der Waals surface area (Å²) in [6, 6.07) is -0.490. The van der Waals surface area contributed by atoms with Crippen molar-refractivity contribution in [2.75, 3.05) is 26.3 Å². The van der Waals surface area contributed by atoms with Crippen molar-refractivity contribution in [1.82, 2.24) is 15.5 Å². The Morgan fingerprint density at radius 2 is 2.33 bits per heavy atom. The molecule has 2 atom stereocenters. The monoisotopic (exact) mass is 255 g/mol. The number of amides is 3. The maximum absolute atomic E-state index is 12.1. The minimum Gasteiger partial charge on any atom is -0.377 e. The van der Waals surface area contributed by atoms with E-state index in [1.54, 1.807) is 4.90 Å². The zero-order valence-electron chi connectivity index (χ0n) is 10.8. The third-order valence-corrected chi connectivity index (χ3v) is 3.46. The molecule has 2 rings (SSSR count). The maximum Gasteiger partial charge on any atom is 0.318 e. The summed E-state index contributed by atoms with van der Waals surface area (Å²) in [6.45, 7) is 4.37. The zero-order valence-corrected chi connectivity index (χ0v) is 10.8. The van der Waals surface area contributed by atoms with Gasteiger partial charge in [-0.2, -0.15) is 0 Å². The van der Waals surface area contributed by atoms with Crippen LogP contribution in [0.15, 0.2) is 0 Å². The van der Waals surface area contributed by atoms with Crippen molar-refractivity contribution in [2.24, 2.45) is 0 Å². The van der Waals surface area contributed by atoms with Gasteiger partial charge in [-0.3, -0.25) is 4.79 Å². The van der Waals surface area contributed by atoms with Gasteiger partial charge in [0.1, 0.15) is 6.04 Å². The van der Waals surface area contributed by atoms with Crippen molar-refractivity contribution in [3.8, 4) is 0 Å². The van der Waals surface area contributed by atoms with Gasteiger partial charge >= 0.3 is 6.03 Å². The molecule has 2 unspecified atom stereocenters. The van der Waals surface area contributed by atoms with E-state index >= 15 is 0 Å². The van der Waals surface area contributed by atoms with Crippen molar-refractivity contribution in [2.45, 2.75) is 38.3 Å². The highest BCUT2D eigenvalue weighted by Gasteiger charge is 2.28. The lowest BCUT2D eigenvalue weighted by Gasteiger charge is -2.34. The average molecular weight is 255 g/mol. The van der Waals surface area contributed by atoms with Gasteiger partial charge in [0, 0.05) is 13.1 Å². The second-order valence-corrected chi connectivity index (χ2v) is 4.91. The Morgan fingerprint density at radius 3 is 3.11 bits per heavy atom. The molecule has 2 fully saturated rings. The van der Waals surface area contributed by atoms with E-state index < -0.39 is 6.04 Å². The van der Waals surface area contributed by atoms with E-state index in [1.165, 1.54) is 0 Å². The summed E-state index contributed by atoms with van der Waals surface area (Å²) in [5.74, 6) is -0.0678. The quantitative estimate of drug-likeness (QED) is 0.697. The van der Waals surface area contributed by atoms with Crippen LogP contribution < -0.4 is 10.6 Å². The number of carbonyl (C=O) groups excluding carboxylic acids is 2. The Morgan fingerprint density at radius 1 is 1.50 bits per heavy atom. The fourth-order valence-corrected chi connectivity index (χ4v) is 2.34. The van der Waals surface area contributed by atoms with Gasteiger partial charge in [0.2, 0.25) is 5.91 Å². The number of morpholine rings is 1. The summed E-state index contributed by atoms with van der Waals surface area (Å²) in [6.07, 6.45) is 2.66. The number of hydrogen-bond donors (Lipinski definition) is 2. The molecule has 2 saturated heterocycles. The molecular formula is C12H21N3O3. The van der Waals surface area contributed by atoms with Crippen molar-refractivity contribution < 1.29 is 14.3 Å². The van der Waals surface area contributed by atoms with Gasteiger partial charge in [-0.15, -0.1) is 0 Å². The number of urea groups is 1. The fraction of sp³-hybridized carbons (Fsp3) is 0.833. The van der Waals surface area contributed by atoms with Crippen LogP contribution in [0, 0.1) is 0 Å². The van der Waals surface area contributed by atoms with E-state index in [0.29, 0.717) is 26.3 Å². The minimum absolute atomic E-state index is 0.0626. The molecule has 3 amide bonds. The van der Waals surface area contributed by atoms with Crippen molar-refractivity contribution in [3.05, 3.63) is 0 Å². The molecule has 102 valence electrons. The second-order valence-electron chi connectivity index (χ2n) is 4.91. The molecule has 0 aromatic heterocycles. The van der Waals surface area contributed by atoms with Crippen LogP contribution in [0.3, 0.4) is 0 Å². The van der Waals surface area contributed by atoms with Gasteiger partial charge in [-0.25, -0.2) is 4.79 Å². The summed E-state index contributed by atoms with van der Waals surface area (Å²) >= 11 is 0. The molecule has 0 aromatic rings. The number of ether oxygens (including phenoxy) is 1. The molecule has 2 aliphatic rings. The summed E-state index contributed by atoms with van der Waals surface area (Å²) < 4.78 is 5.29. The number of rotatable bonds is 1. The first-order valence-corrected chi connectivity index (χ1v) is 6.61.